The molecule has 1 heterocycles. The van der Waals surface area contributed by atoms with Gasteiger partial charge in [0.2, 0.25) is 5.91 Å². The van der Waals surface area contributed by atoms with E-state index in [0.29, 0.717) is 6.42 Å². The molecule has 0 aromatic carbocycles. The van der Waals surface area contributed by atoms with Crippen LogP contribution in [0.3, 0.4) is 0 Å². The van der Waals surface area contributed by atoms with Crippen molar-refractivity contribution >= 4 is 5.91 Å². The van der Waals surface area contributed by atoms with Crippen LogP contribution in [0, 0.1) is 0 Å². The molecule has 0 aliphatic carbocycles. The summed E-state index contributed by atoms with van der Waals surface area (Å²) >= 11 is 0. The first kappa shape index (κ1) is 88.9. The average molecular weight is 1310 g/mol. The molecule has 1 rings (SSSR count). The minimum absolute atomic E-state index is 0.183. The number of carbonyl (C=O) groups excluding carboxylic acids is 1. The van der Waals surface area contributed by atoms with Gasteiger partial charge in [0.15, 0.2) is 6.29 Å². The number of ether oxygens (including phenoxy) is 2. The fourth-order valence-electron chi connectivity index (χ4n) is 13.2. The Balaban J connectivity index is 2.07. The van der Waals surface area contributed by atoms with Gasteiger partial charge in [0, 0.05) is 6.42 Å². The van der Waals surface area contributed by atoms with Gasteiger partial charge < -0.3 is 40.3 Å². The molecule has 6 N–H and O–H groups in total. The van der Waals surface area contributed by atoms with E-state index in [-0.39, 0.29) is 12.5 Å². The predicted octanol–water partition coefficient (Wildman–Crippen LogP) is 23.7. The molecular weight excluding hydrogens is 1150 g/mol. The van der Waals surface area contributed by atoms with Crippen LogP contribution in [0.15, 0.2) is 60.8 Å². The highest BCUT2D eigenvalue weighted by molar-refractivity contribution is 5.76. The lowest BCUT2D eigenvalue weighted by atomic mass is 9.99. The van der Waals surface area contributed by atoms with E-state index in [4.69, 9.17) is 9.47 Å². The molecule has 0 radical (unpaired) electrons. The summed E-state index contributed by atoms with van der Waals surface area (Å²) in [5.74, 6) is -0.183. The summed E-state index contributed by atoms with van der Waals surface area (Å²) in [6, 6.07) is -0.831. The van der Waals surface area contributed by atoms with Crippen molar-refractivity contribution in [2.45, 2.75) is 455 Å². The molecule has 9 heteroatoms. The Morgan fingerprint density at radius 2 is 0.645 bits per heavy atom. The van der Waals surface area contributed by atoms with Gasteiger partial charge in [-0.15, -0.1) is 0 Å². The maximum Gasteiger partial charge on any atom is 0.220 e. The standard InChI is InChI=1S/C84H157NO8/c1-3-5-7-9-11-13-15-17-19-21-23-25-27-29-31-33-35-36-37-38-39-40-41-42-44-46-48-50-52-54-56-58-60-62-64-66-68-70-72-74-80(88)85-77(76-92-84-83(91)82(90)81(89)79(75-86)93-84)78(87)73-71-69-67-65-63-61-59-57-55-53-51-49-47-45-43-34-32-30-28-26-24-22-20-18-16-14-12-10-8-6-4-2/h15,17,21,23,55,57,63,65,71,73,77-79,81-84,86-87,89-91H,3-14,16,18-20,22,24-54,56,58-62,64,66-70,72,74-76H2,1-2H3,(H,85,88)/b17-15-,23-21-,57-55+,65-63+,73-71+. The summed E-state index contributed by atoms with van der Waals surface area (Å²) in [7, 11) is 0. The molecule has 7 atom stereocenters. The minimum Gasteiger partial charge on any atom is -0.394 e. The zero-order valence-corrected chi connectivity index (χ0v) is 61.5. The third-order valence-electron chi connectivity index (χ3n) is 19.5. The maximum atomic E-state index is 13.2. The van der Waals surface area contributed by atoms with Gasteiger partial charge in [0.05, 0.1) is 25.4 Å². The number of amides is 1. The molecular formula is C84H157NO8. The van der Waals surface area contributed by atoms with E-state index in [1.165, 1.54) is 340 Å². The number of aliphatic hydroxyl groups is 5. The zero-order chi connectivity index (χ0) is 67.1. The molecule has 7 unspecified atom stereocenters. The number of hydrogen-bond acceptors (Lipinski definition) is 8. The van der Waals surface area contributed by atoms with E-state index in [1.807, 2.05) is 6.08 Å². The van der Waals surface area contributed by atoms with Crippen molar-refractivity contribution in [1.29, 1.82) is 0 Å². The van der Waals surface area contributed by atoms with Crippen molar-refractivity contribution in [3.63, 3.8) is 0 Å². The van der Waals surface area contributed by atoms with E-state index in [2.05, 4.69) is 67.8 Å². The quantitative estimate of drug-likeness (QED) is 0.0261. The third kappa shape index (κ3) is 60.8. The number of rotatable bonds is 73. The normalized spacial score (nSPS) is 17.9. The van der Waals surface area contributed by atoms with Crippen LogP contribution in [0.25, 0.3) is 0 Å². The van der Waals surface area contributed by atoms with E-state index < -0.39 is 49.5 Å². The molecule has 9 nitrogen and oxygen atoms in total. The summed E-state index contributed by atoms with van der Waals surface area (Å²) in [5, 5.41) is 54.9. The Morgan fingerprint density at radius 3 is 0.968 bits per heavy atom. The van der Waals surface area contributed by atoms with Crippen molar-refractivity contribution in [2.24, 2.45) is 0 Å². The molecule has 0 aromatic heterocycles. The lowest BCUT2D eigenvalue weighted by Crippen LogP contribution is -2.60. The van der Waals surface area contributed by atoms with Gasteiger partial charge in [0.25, 0.3) is 0 Å². The Bertz CT molecular complexity index is 1660. The summed E-state index contributed by atoms with van der Waals surface area (Å²) in [6.07, 6.45) is 95.3. The summed E-state index contributed by atoms with van der Waals surface area (Å²) in [4.78, 5) is 13.2. The molecule has 0 aromatic rings. The largest absolute Gasteiger partial charge is 0.394 e. The minimum atomic E-state index is -1.58. The average Bonchev–Trinajstić information content (AvgIpc) is 1.02. The first-order valence-electron chi connectivity index (χ1n) is 41.0. The first-order chi connectivity index (χ1) is 45.8. The highest BCUT2D eigenvalue weighted by atomic mass is 16.7. The predicted molar refractivity (Wildman–Crippen MR) is 401 cm³/mol. The summed E-state index contributed by atoms with van der Waals surface area (Å²) in [6.45, 7) is 3.81. The van der Waals surface area contributed by atoms with Crippen LogP contribution in [0.4, 0.5) is 0 Å². The van der Waals surface area contributed by atoms with Gasteiger partial charge in [-0.05, 0) is 77.0 Å². The van der Waals surface area contributed by atoms with Crippen LogP contribution in [-0.4, -0.2) is 87.5 Å². The Hall–Kier alpha value is -2.11. The van der Waals surface area contributed by atoms with Crippen LogP contribution >= 0.6 is 0 Å². The SMILES string of the molecule is CCCCCCC/C=C\C/C=C\CCCCCCCCCCCCCCCCCCCCCCCCCCCCCC(=O)NC(COC1OC(CO)C(O)C(O)C1O)C(O)/C=C/CC/C=C/CC/C=C/CCCCCCCCCCCCCCCCCCCCCCC. The van der Waals surface area contributed by atoms with Gasteiger partial charge >= 0.3 is 0 Å². The molecule has 1 amide bonds. The molecule has 1 aliphatic rings. The highest BCUT2D eigenvalue weighted by Crippen LogP contribution is 2.24. The van der Waals surface area contributed by atoms with E-state index in [1.54, 1.807) is 6.08 Å². The van der Waals surface area contributed by atoms with Gasteiger partial charge in [-0.1, -0.05) is 389 Å². The molecule has 0 bridgehead atoms. The number of hydrogen-bond donors (Lipinski definition) is 6. The van der Waals surface area contributed by atoms with Gasteiger partial charge in [-0.3, -0.25) is 4.79 Å². The van der Waals surface area contributed by atoms with Crippen molar-refractivity contribution in [3.8, 4) is 0 Å². The van der Waals surface area contributed by atoms with Crippen molar-refractivity contribution < 1.29 is 39.8 Å². The van der Waals surface area contributed by atoms with E-state index >= 15 is 0 Å². The second-order valence-electron chi connectivity index (χ2n) is 28.5. The van der Waals surface area contributed by atoms with Crippen LogP contribution in [0.2, 0.25) is 0 Å². The van der Waals surface area contributed by atoms with Crippen molar-refractivity contribution in [1.82, 2.24) is 5.32 Å². The van der Waals surface area contributed by atoms with Crippen molar-refractivity contribution in [2.75, 3.05) is 13.2 Å². The Morgan fingerprint density at radius 1 is 0.366 bits per heavy atom. The first-order valence-corrected chi connectivity index (χ1v) is 41.0. The number of unbranched alkanes of at least 4 members (excludes halogenated alkanes) is 55. The van der Waals surface area contributed by atoms with Crippen LogP contribution < -0.4 is 5.32 Å². The summed E-state index contributed by atoms with van der Waals surface area (Å²) in [5.41, 5.74) is 0. The fourth-order valence-corrected chi connectivity index (χ4v) is 13.2. The lowest BCUT2D eigenvalue weighted by Gasteiger charge is -2.40. The van der Waals surface area contributed by atoms with E-state index in [9.17, 15) is 30.3 Å². The Kier molecular flexibility index (Phi) is 69.4. The van der Waals surface area contributed by atoms with Gasteiger partial charge in [-0.2, -0.15) is 0 Å². The smallest absolute Gasteiger partial charge is 0.220 e. The fraction of sp³-hybridized carbons (Fsp3) is 0.869. The molecule has 546 valence electrons. The van der Waals surface area contributed by atoms with Crippen LogP contribution in [0.5, 0.6) is 0 Å². The number of nitrogens with one attached hydrogen (secondary N) is 1. The molecule has 0 saturated carbocycles. The van der Waals surface area contributed by atoms with E-state index in [0.717, 1.165) is 51.4 Å². The lowest BCUT2D eigenvalue weighted by molar-refractivity contribution is -0.302. The van der Waals surface area contributed by atoms with Crippen LogP contribution in [0.1, 0.15) is 412 Å². The number of aliphatic hydroxyl groups excluding tert-OH is 5. The summed E-state index contributed by atoms with van der Waals surface area (Å²) < 4.78 is 11.3. The second-order valence-corrected chi connectivity index (χ2v) is 28.5. The van der Waals surface area contributed by atoms with Crippen LogP contribution in [-0.2, 0) is 14.3 Å². The molecule has 93 heavy (non-hydrogen) atoms. The monoisotopic (exact) mass is 1310 g/mol. The van der Waals surface area contributed by atoms with Gasteiger partial charge in [-0.25, -0.2) is 0 Å². The third-order valence-corrected chi connectivity index (χ3v) is 19.5. The van der Waals surface area contributed by atoms with Gasteiger partial charge in [0.1, 0.15) is 24.4 Å². The number of carbonyl (C=O) groups is 1. The highest BCUT2D eigenvalue weighted by Gasteiger charge is 2.44. The topological polar surface area (TPSA) is 149 Å². The van der Waals surface area contributed by atoms with Crippen molar-refractivity contribution in [3.05, 3.63) is 60.8 Å². The number of allylic oxidation sites excluding steroid dienone is 9. The molecule has 1 saturated heterocycles. The molecule has 0 spiro atoms. The zero-order valence-electron chi connectivity index (χ0n) is 61.5. The molecule has 1 fully saturated rings. The molecule has 1 aliphatic heterocycles. The second kappa shape index (κ2) is 72.6. The maximum absolute atomic E-state index is 13.2. The Labute approximate surface area is 576 Å².